The Morgan fingerprint density at radius 3 is 2.56 bits per heavy atom. The zero-order valence-electron chi connectivity index (χ0n) is 13.8. The first kappa shape index (κ1) is 16.4. The molecule has 0 unspecified atom stereocenters. The number of H-pyrrole nitrogens is 1. The average molecular weight is 339 g/mol. The smallest absolute Gasteiger partial charge is 0.266 e. The van der Waals surface area contributed by atoms with Gasteiger partial charge < -0.3 is 11.1 Å². The second-order valence-electron chi connectivity index (χ2n) is 5.74. The maximum Gasteiger partial charge on any atom is 0.266 e. The molecule has 0 spiro atoms. The number of aryl methyl sites for hydroxylation is 2. The van der Waals surface area contributed by atoms with E-state index in [1.54, 1.807) is 35.7 Å². The van der Waals surface area contributed by atoms with Crippen molar-refractivity contribution < 1.29 is 9.59 Å². The van der Waals surface area contributed by atoms with Gasteiger partial charge in [0.15, 0.2) is 5.65 Å². The van der Waals surface area contributed by atoms with Crippen LogP contribution in [-0.4, -0.2) is 26.4 Å². The molecule has 0 aliphatic carbocycles. The summed E-state index contributed by atoms with van der Waals surface area (Å²) >= 11 is 0. The standard InChI is InChI=1S/C17H17N5O3/c1-9-13(10(2)22-14(19-9)8-16(24)21-22)7-15(23)20-12-5-3-11(4-6-12)17(18)25/h3-6,8H,7H2,1-2H3,(H2,18,25)(H,20,23)(H,21,24). The lowest BCUT2D eigenvalue weighted by Crippen LogP contribution is -2.18. The molecule has 3 aromatic rings. The number of hydrogen-bond acceptors (Lipinski definition) is 4. The van der Waals surface area contributed by atoms with Crippen molar-refractivity contribution in [1.29, 1.82) is 0 Å². The fraction of sp³-hybridized carbons (Fsp3) is 0.176. The number of aromatic amines is 1. The molecule has 0 fully saturated rings. The quantitative estimate of drug-likeness (QED) is 0.654. The SMILES string of the molecule is Cc1nc2cc(=O)[nH]n2c(C)c1CC(=O)Nc1ccc(C(N)=O)cc1. The van der Waals surface area contributed by atoms with Gasteiger partial charge >= 0.3 is 0 Å². The summed E-state index contributed by atoms with van der Waals surface area (Å²) in [6.07, 6.45) is 0.110. The normalized spacial score (nSPS) is 10.8. The Balaban J connectivity index is 1.82. The lowest BCUT2D eigenvalue weighted by atomic mass is 10.1. The highest BCUT2D eigenvalue weighted by molar-refractivity contribution is 5.95. The van der Waals surface area contributed by atoms with Gasteiger partial charge in [0.2, 0.25) is 11.8 Å². The van der Waals surface area contributed by atoms with Crippen LogP contribution in [-0.2, 0) is 11.2 Å². The van der Waals surface area contributed by atoms with Gasteiger partial charge in [-0.25, -0.2) is 9.50 Å². The van der Waals surface area contributed by atoms with Crippen LogP contribution < -0.4 is 16.6 Å². The van der Waals surface area contributed by atoms with E-state index < -0.39 is 5.91 Å². The number of benzene rings is 1. The van der Waals surface area contributed by atoms with Crippen molar-refractivity contribution in [2.24, 2.45) is 5.73 Å². The van der Waals surface area contributed by atoms with Crippen LogP contribution >= 0.6 is 0 Å². The van der Waals surface area contributed by atoms with E-state index in [4.69, 9.17) is 5.73 Å². The first-order valence-corrected chi connectivity index (χ1v) is 7.62. The summed E-state index contributed by atoms with van der Waals surface area (Å²) in [4.78, 5) is 39.2. The summed E-state index contributed by atoms with van der Waals surface area (Å²) < 4.78 is 1.57. The zero-order valence-corrected chi connectivity index (χ0v) is 13.8. The van der Waals surface area contributed by atoms with Crippen LogP contribution in [0.4, 0.5) is 5.69 Å². The Morgan fingerprint density at radius 2 is 1.92 bits per heavy atom. The summed E-state index contributed by atoms with van der Waals surface area (Å²) in [5, 5.41) is 5.42. The molecule has 2 heterocycles. The number of hydrogen-bond donors (Lipinski definition) is 3. The molecule has 1 aromatic carbocycles. The second kappa shape index (κ2) is 6.23. The van der Waals surface area contributed by atoms with Gasteiger partial charge in [0.1, 0.15) is 0 Å². The number of carbonyl (C=O) groups excluding carboxylic acids is 2. The van der Waals surface area contributed by atoms with Crippen LogP contribution in [0.25, 0.3) is 5.65 Å². The Bertz CT molecular complexity index is 1030. The highest BCUT2D eigenvalue weighted by atomic mass is 16.2. The lowest BCUT2D eigenvalue weighted by Gasteiger charge is -2.12. The maximum atomic E-state index is 12.3. The van der Waals surface area contributed by atoms with E-state index in [9.17, 15) is 14.4 Å². The third-order valence-electron chi connectivity index (χ3n) is 3.99. The Hall–Kier alpha value is -3.42. The lowest BCUT2D eigenvalue weighted by molar-refractivity contribution is -0.115. The van der Waals surface area contributed by atoms with Crippen LogP contribution in [0, 0.1) is 13.8 Å². The fourth-order valence-electron chi connectivity index (χ4n) is 2.69. The number of nitrogens with two attached hydrogens (primary N) is 1. The number of fused-ring (bicyclic) bond motifs is 1. The highest BCUT2D eigenvalue weighted by Gasteiger charge is 2.14. The van der Waals surface area contributed by atoms with Gasteiger partial charge in [-0.05, 0) is 38.1 Å². The van der Waals surface area contributed by atoms with E-state index in [-0.39, 0.29) is 17.9 Å². The molecule has 4 N–H and O–H groups in total. The summed E-state index contributed by atoms with van der Waals surface area (Å²) in [7, 11) is 0. The molecule has 25 heavy (non-hydrogen) atoms. The molecule has 8 heteroatoms. The van der Waals surface area contributed by atoms with Crippen LogP contribution in [0.15, 0.2) is 35.1 Å². The molecule has 0 saturated heterocycles. The largest absolute Gasteiger partial charge is 0.366 e. The molecule has 0 bridgehead atoms. The van der Waals surface area contributed by atoms with Crippen LogP contribution in [0.1, 0.15) is 27.3 Å². The number of primary amides is 1. The van der Waals surface area contributed by atoms with Gasteiger partial charge in [0.05, 0.1) is 6.42 Å². The predicted molar refractivity (Wildman–Crippen MR) is 92.6 cm³/mol. The van der Waals surface area contributed by atoms with E-state index in [2.05, 4.69) is 15.4 Å². The van der Waals surface area contributed by atoms with E-state index >= 15 is 0 Å². The maximum absolute atomic E-state index is 12.3. The molecule has 8 nitrogen and oxygen atoms in total. The van der Waals surface area contributed by atoms with Crippen molar-refractivity contribution in [3.63, 3.8) is 0 Å². The van der Waals surface area contributed by atoms with Crippen LogP contribution in [0.2, 0.25) is 0 Å². The number of aromatic nitrogens is 3. The molecular formula is C17H17N5O3. The van der Waals surface area contributed by atoms with Crippen molar-refractivity contribution in [1.82, 2.24) is 14.6 Å². The molecule has 128 valence electrons. The summed E-state index contributed by atoms with van der Waals surface area (Å²) in [6.45, 7) is 3.62. The van der Waals surface area contributed by atoms with E-state index in [1.165, 1.54) is 6.07 Å². The average Bonchev–Trinajstić information content (AvgIpc) is 2.92. The summed E-state index contributed by atoms with van der Waals surface area (Å²) in [5.74, 6) is -0.752. The molecule has 0 radical (unpaired) electrons. The first-order valence-electron chi connectivity index (χ1n) is 7.62. The van der Waals surface area contributed by atoms with Gasteiger partial charge in [0.25, 0.3) is 5.56 Å². The van der Waals surface area contributed by atoms with Crippen LogP contribution in [0.5, 0.6) is 0 Å². The third-order valence-corrected chi connectivity index (χ3v) is 3.99. The second-order valence-corrected chi connectivity index (χ2v) is 5.74. The molecular weight excluding hydrogens is 322 g/mol. The van der Waals surface area contributed by atoms with E-state index in [0.29, 0.717) is 22.6 Å². The topological polar surface area (TPSA) is 122 Å². The number of anilines is 1. The first-order chi connectivity index (χ1) is 11.8. The van der Waals surface area contributed by atoms with Crippen molar-refractivity contribution in [2.75, 3.05) is 5.32 Å². The molecule has 2 amide bonds. The minimum absolute atomic E-state index is 0.110. The van der Waals surface area contributed by atoms with E-state index in [0.717, 1.165) is 11.3 Å². The predicted octanol–water partition coefficient (Wildman–Crippen LogP) is 0.920. The Labute approximate surface area is 142 Å². The monoisotopic (exact) mass is 339 g/mol. The molecule has 0 aliphatic rings. The number of rotatable bonds is 4. The third kappa shape index (κ3) is 3.27. The van der Waals surface area contributed by atoms with Crippen molar-refractivity contribution in [3.05, 3.63) is 63.2 Å². The van der Waals surface area contributed by atoms with Crippen molar-refractivity contribution in [3.8, 4) is 0 Å². The van der Waals surface area contributed by atoms with Crippen molar-refractivity contribution in [2.45, 2.75) is 20.3 Å². The number of amides is 2. The molecule has 2 aromatic heterocycles. The van der Waals surface area contributed by atoms with Gasteiger partial charge in [0, 0.05) is 34.3 Å². The van der Waals surface area contributed by atoms with Gasteiger partial charge in [-0.15, -0.1) is 0 Å². The minimum atomic E-state index is -0.524. The highest BCUT2D eigenvalue weighted by Crippen LogP contribution is 2.15. The van der Waals surface area contributed by atoms with Crippen LogP contribution in [0.3, 0.4) is 0 Å². The summed E-state index contributed by atoms with van der Waals surface area (Å²) in [6, 6.07) is 7.73. The zero-order chi connectivity index (χ0) is 18.1. The van der Waals surface area contributed by atoms with Gasteiger partial charge in [-0.3, -0.25) is 19.5 Å². The number of nitrogens with zero attached hydrogens (tertiary/aromatic N) is 2. The Kier molecular flexibility index (Phi) is 4.10. The molecule has 0 atom stereocenters. The van der Waals surface area contributed by atoms with Gasteiger partial charge in [-0.1, -0.05) is 0 Å². The molecule has 0 aliphatic heterocycles. The number of carbonyl (C=O) groups is 2. The minimum Gasteiger partial charge on any atom is -0.366 e. The van der Waals surface area contributed by atoms with Gasteiger partial charge in [-0.2, -0.15) is 0 Å². The number of nitrogens with one attached hydrogen (secondary N) is 2. The molecule has 3 rings (SSSR count). The van der Waals surface area contributed by atoms with Crippen molar-refractivity contribution >= 4 is 23.1 Å². The fourth-order valence-corrected chi connectivity index (χ4v) is 2.69. The Morgan fingerprint density at radius 1 is 1.24 bits per heavy atom. The van der Waals surface area contributed by atoms with E-state index in [1.807, 2.05) is 6.92 Å². The summed E-state index contributed by atoms with van der Waals surface area (Å²) in [5.41, 5.74) is 8.58. The molecule has 0 saturated carbocycles.